The van der Waals surface area contributed by atoms with Crippen molar-refractivity contribution in [1.82, 2.24) is 25.0 Å². The molecule has 0 aliphatic carbocycles. The summed E-state index contributed by atoms with van der Waals surface area (Å²) in [5.41, 5.74) is 2.90. The fourth-order valence-electron chi connectivity index (χ4n) is 2.40. The Bertz CT molecular complexity index is 1140. The molecule has 15 heteroatoms. The van der Waals surface area contributed by atoms with Crippen LogP contribution in [0.25, 0.3) is 11.0 Å². The number of halogens is 4. The molecule has 3 rings (SSSR count). The van der Waals surface area contributed by atoms with Crippen molar-refractivity contribution in [1.29, 1.82) is 5.26 Å². The van der Waals surface area contributed by atoms with Crippen LogP contribution in [-0.2, 0) is 4.79 Å². The normalized spacial score (nSPS) is 10.0. The number of carboxylic acid groups (broad SMARTS) is 1. The number of amides is 2. The van der Waals surface area contributed by atoms with E-state index in [9.17, 15) is 22.1 Å². The van der Waals surface area contributed by atoms with E-state index >= 15 is 0 Å². The van der Waals surface area contributed by atoms with E-state index in [1.54, 1.807) is 24.3 Å². The average Bonchev–Trinajstić information content (AvgIpc) is 3.18. The number of para-hydroxylation sites is 1. The summed E-state index contributed by atoms with van der Waals surface area (Å²) in [5.74, 6) is -0.913. The summed E-state index contributed by atoms with van der Waals surface area (Å²) < 4.78 is 44.7. The first-order chi connectivity index (χ1) is 16.3. The molecule has 0 aliphatic heterocycles. The predicted molar refractivity (Wildman–Crippen MR) is 123 cm³/mol. The molecule has 188 valence electrons. The topological polar surface area (TPSA) is 122 Å². The van der Waals surface area contributed by atoms with Crippen LogP contribution >= 0.6 is 0 Å². The Balaban J connectivity index is 0.000000302. The van der Waals surface area contributed by atoms with Crippen LogP contribution in [0.5, 0.6) is 0 Å². The first kappa shape index (κ1) is 28.7. The third kappa shape index (κ3) is 11.4. The maximum absolute atomic E-state index is 10.2. The van der Waals surface area contributed by atoms with Crippen molar-refractivity contribution < 1.29 is 31.7 Å². The van der Waals surface area contributed by atoms with Gasteiger partial charge in [0.05, 0.1) is 11.6 Å². The average molecular weight is 497 g/mol. The number of carbonyl (C=O) groups is 1. The van der Waals surface area contributed by atoms with Gasteiger partial charge in [-0.2, -0.15) is 5.26 Å². The molecule has 2 aromatic carbocycles. The van der Waals surface area contributed by atoms with E-state index in [1.807, 2.05) is 68.3 Å². The number of anilines is 1. The molecule has 0 saturated heterocycles. The molecule has 0 aliphatic rings. The number of carboxylic acids is 1. The number of rotatable bonds is 4. The highest BCUT2D eigenvalue weighted by molar-refractivity contribution is 6.50. The first-order valence-corrected chi connectivity index (χ1v) is 9.85. The maximum atomic E-state index is 10.2. The third-order valence-electron chi connectivity index (χ3n) is 3.71. The molecule has 0 unspecified atom stereocenters. The summed E-state index contributed by atoms with van der Waals surface area (Å²) in [5, 5.41) is 27.5. The molecule has 0 spiro atoms. The molecular weight excluding hydrogens is 473 g/mol. The van der Waals surface area contributed by atoms with Crippen LogP contribution in [0.15, 0.2) is 48.5 Å². The SMILES string of the molecule is CN(C)C(=[O+]n1nnc2ccccc21)N(C)C.F[B-](F)(F)F.N#Cc1ccc(NCC(=O)O)cc1. The number of urea groups is 1. The van der Waals surface area contributed by atoms with Gasteiger partial charge in [-0.25, -0.2) is 0 Å². The van der Waals surface area contributed by atoms with Crippen LogP contribution in [0.1, 0.15) is 5.56 Å². The molecule has 0 saturated carbocycles. The number of benzene rings is 2. The van der Waals surface area contributed by atoms with E-state index in [0.717, 1.165) is 11.0 Å². The summed E-state index contributed by atoms with van der Waals surface area (Å²) in [6, 6.07) is 16.9. The quantitative estimate of drug-likeness (QED) is 0.324. The van der Waals surface area contributed by atoms with Crippen LogP contribution in [0.4, 0.5) is 27.5 Å². The molecule has 2 N–H and O–H groups in total. The van der Waals surface area contributed by atoms with Crippen molar-refractivity contribution in [2.24, 2.45) is 0 Å². The number of hydrogen-bond donors (Lipinski definition) is 2. The van der Waals surface area contributed by atoms with E-state index in [4.69, 9.17) is 14.9 Å². The number of nitriles is 1. The van der Waals surface area contributed by atoms with Gasteiger partial charge in [0, 0.05) is 39.1 Å². The van der Waals surface area contributed by atoms with Gasteiger partial charge in [0.25, 0.3) is 0 Å². The van der Waals surface area contributed by atoms with Crippen LogP contribution in [0.3, 0.4) is 0 Å². The molecule has 0 fully saturated rings. The van der Waals surface area contributed by atoms with Gasteiger partial charge in [0.15, 0.2) is 5.52 Å². The fraction of sp³-hybridized carbons (Fsp3) is 0.250. The van der Waals surface area contributed by atoms with Gasteiger partial charge in [-0.3, -0.25) is 14.6 Å². The second kappa shape index (κ2) is 13.4. The zero-order valence-electron chi connectivity index (χ0n) is 19.4. The van der Waals surface area contributed by atoms with Crippen molar-refractivity contribution in [3.05, 3.63) is 54.1 Å². The first-order valence-electron chi connectivity index (χ1n) is 9.85. The monoisotopic (exact) mass is 497 g/mol. The van der Waals surface area contributed by atoms with E-state index in [-0.39, 0.29) is 6.54 Å². The highest BCUT2D eigenvalue weighted by atomic mass is 19.5. The maximum Gasteiger partial charge on any atom is 0.673 e. The fourth-order valence-corrected chi connectivity index (χ4v) is 2.40. The van der Waals surface area contributed by atoms with Gasteiger partial charge in [-0.1, -0.05) is 12.1 Å². The van der Waals surface area contributed by atoms with Gasteiger partial charge >= 0.3 is 19.3 Å². The van der Waals surface area contributed by atoms with Crippen LogP contribution < -0.4 is 5.32 Å². The summed E-state index contributed by atoms with van der Waals surface area (Å²) in [4.78, 5) is 15.3. The molecule has 1 aromatic heterocycles. The predicted octanol–water partition coefficient (Wildman–Crippen LogP) is 3.33. The number of carbonyl (C=O) groups excluding carboxylic acids is 1. The van der Waals surface area contributed by atoms with Gasteiger partial charge < -0.3 is 27.7 Å². The number of nitrogens with one attached hydrogen (secondary N) is 1. The Morgan fingerprint density at radius 1 is 1.09 bits per heavy atom. The lowest BCUT2D eigenvalue weighted by atomic mass is 10.2. The third-order valence-corrected chi connectivity index (χ3v) is 3.71. The van der Waals surface area contributed by atoms with Crippen molar-refractivity contribution in [3.63, 3.8) is 0 Å². The molecule has 10 nitrogen and oxygen atoms in total. The number of nitrogens with zero attached hydrogens (tertiary/aromatic N) is 6. The second-order valence-electron chi connectivity index (χ2n) is 7.05. The van der Waals surface area contributed by atoms with Crippen LogP contribution in [0, 0.1) is 11.3 Å². The van der Waals surface area contributed by atoms with Crippen molar-refractivity contribution in [3.8, 4) is 6.07 Å². The minimum absolute atomic E-state index is 0.119. The van der Waals surface area contributed by atoms with Crippen molar-refractivity contribution >= 4 is 36.0 Å². The van der Waals surface area contributed by atoms with Crippen LogP contribution in [-0.4, -0.2) is 84.1 Å². The standard InChI is InChI=1S/C11H16N5O.C9H8N2O2.BF4/c1-14(2)11(15(3)4)17-16-10-8-6-5-7-9(10)12-13-16;10-5-7-1-3-8(4-2-7)11-6-9(12)13;2-1(3,4)5/h5-8H,1-4H3;1-4,11H,6H2,(H,12,13);/q+1;;-1. The molecule has 0 bridgehead atoms. The Hall–Kier alpha value is -4.35. The largest absolute Gasteiger partial charge is 0.673 e. The lowest BCUT2D eigenvalue weighted by Gasteiger charge is -2.10. The smallest absolute Gasteiger partial charge is 0.480 e. The molecule has 0 radical (unpaired) electrons. The molecule has 3 aromatic rings. The molecule has 1 heterocycles. The molecule has 0 atom stereocenters. The molecular formula is C20H24BF4N7O3. The number of hydrogen-bond acceptors (Lipinski definition) is 5. The summed E-state index contributed by atoms with van der Waals surface area (Å²) >= 11 is 0. The highest BCUT2D eigenvalue weighted by Crippen LogP contribution is 2.12. The van der Waals surface area contributed by atoms with E-state index < -0.39 is 13.2 Å². The second-order valence-corrected chi connectivity index (χ2v) is 7.05. The Morgan fingerprint density at radius 2 is 1.63 bits per heavy atom. The van der Waals surface area contributed by atoms with Crippen molar-refractivity contribution in [2.75, 3.05) is 40.1 Å². The lowest BCUT2D eigenvalue weighted by Crippen LogP contribution is -2.35. The summed E-state index contributed by atoms with van der Waals surface area (Å²) in [7, 11) is 1.64. The zero-order valence-corrected chi connectivity index (χ0v) is 19.4. The summed E-state index contributed by atoms with van der Waals surface area (Å²) in [6.45, 7) is -0.119. The van der Waals surface area contributed by atoms with Gasteiger partial charge in [-0.15, -0.1) is 5.10 Å². The minimum atomic E-state index is -6.00. The zero-order chi connectivity index (χ0) is 26.6. The van der Waals surface area contributed by atoms with E-state index in [0.29, 0.717) is 17.3 Å². The molecule has 2 amide bonds. The minimum Gasteiger partial charge on any atom is -0.480 e. The Labute approximate surface area is 198 Å². The lowest BCUT2D eigenvalue weighted by molar-refractivity contribution is -0.244. The van der Waals surface area contributed by atoms with Gasteiger partial charge in [0.1, 0.15) is 16.9 Å². The van der Waals surface area contributed by atoms with E-state index in [2.05, 4.69) is 15.6 Å². The van der Waals surface area contributed by atoms with Crippen molar-refractivity contribution in [2.45, 2.75) is 0 Å². The highest BCUT2D eigenvalue weighted by Gasteiger charge is 2.22. The number of aromatic nitrogens is 3. The number of fused-ring (bicyclic) bond motifs is 1. The Morgan fingerprint density at radius 3 is 2.11 bits per heavy atom. The van der Waals surface area contributed by atoms with E-state index in [1.165, 1.54) is 4.85 Å². The van der Waals surface area contributed by atoms with Crippen LogP contribution in [0.2, 0.25) is 0 Å². The van der Waals surface area contributed by atoms with Gasteiger partial charge in [-0.05, 0) is 40.9 Å². The van der Waals surface area contributed by atoms with Gasteiger partial charge in [0.2, 0.25) is 0 Å². The number of aliphatic carboxylic acids is 1. The summed E-state index contributed by atoms with van der Waals surface area (Å²) in [6.07, 6.45) is 0. The Kier molecular flexibility index (Phi) is 11.0. The molecule has 35 heavy (non-hydrogen) atoms.